The maximum atomic E-state index is 12.4. The van der Waals surface area contributed by atoms with Crippen molar-refractivity contribution in [3.63, 3.8) is 0 Å². The Labute approximate surface area is 384 Å². The summed E-state index contributed by atoms with van der Waals surface area (Å²) in [4.78, 5) is 10.4. The summed E-state index contributed by atoms with van der Waals surface area (Å²) in [6.45, 7) is 10.8. The van der Waals surface area contributed by atoms with Crippen molar-refractivity contribution in [1.82, 2.24) is 14.5 Å². The van der Waals surface area contributed by atoms with Crippen molar-refractivity contribution < 1.29 is 30.3 Å². The minimum Gasteiger partial charge on any atom is -0.507 e. The van der Waals surface area contributed by atoms with Gasteiger partial charge in [-0.3, -0.25) is 9.55 Å². The Balaban J connectivity index is 0.00000576. The first-order chi connectivity index (χ1) is 30.5. The van der Waals surface area contributed by atoms with Crippen molar-refractivity contribution in [3.05, 3.63) is 193 Å². The van der Waals surface area contributed by atoms with E-state index in [1.54, 1.807) is 18.3 Å². The molecule has 0 spiro atoms. The van der Waals surface area contributed by atoms with E-state index in [9.17, 15) is 5.11 Å². The van der Waals surface area contributed by atoms with Gasteiger partial charge in [-0.1, -0.05) is 191 Å². The summed E-state index contributed by atoms with van der Waals surface area (Å²) in [6, 6.07) is 58.6. The van der Waals surface area contributed by atoms with E-state index in [1.807, 2.05) is 48.5 Å². The largest absolute Gasteiger partial charge is 0.507 e. The minimum atomic E-state index is -2.18. The SMILES string of the molecule is [2H]C([2H])([2H])c1ccc(-c2ccnc(-c3[c-]c(-c4cccc5c4nc(-c4cc(C(C)(C)C)cc(C(C)(C)C)c4O)n5-c4ccccc4-c4ccccc4)cc(-c4ccccc4)c3)c2)cc1.[Pt]. The van der Waals surface area contributed by atoms with E-state index < -0.39 is 6.85 Å². The summed E-state index contributed by atoms with van der Waals surface area (Å²) in [7, 11) is 0. The molecule has 0 aliphatic carbocycles. The Morgan fingerprint density at radius 1 is 0.565 bits per heavy atom. The van der Waals surface area contributed by atoms with Crippen LogP contribution < -0.4 is 0 Å². The summed E-state index contributed by atoms with van der Waals surface area (Å²) in [6.07, 6.45) is 1.79. The van der Waals surface area contributed by atoms with Crippen molar-refractivity contribution in [2.75, 3.05) is 0 Å². The quantitative estimate of drug-likeness (QED) is 0.162. The molecule has 0 amide bonds. The number of aromatic nitrogens is 3. The first kappa shape index (κ1) is 38.6. The molecule has 0 fully saturated rings. The molecule has 0 atom stereocenters. The fourth-order valence-corrected chi connectivity index (χ4v) is 8.15. The number of phenolic OH excluding ortho intramolecular Hbond substituents is 1. The molecule has 0 aliphatic rings. The predicted molar refractivity (Wildman–Crippen MR) is 254 cm³/mol. The Morgan fingerprint density at radius 2 is 1.21 bits per heavy atom. The van der Waals surface area contributed by atoms with E-state index >= 15 is 0 Å². The zero-order chi connectivity index (χ0) is 45.0. The van der Waals surface area contributed by atoms with Gasteiger partial charge in [-0.2, -0.15) is 0 Å². The van der Waals surface area contributed by atoms with Crippen LogP contribution in [0.2, 0.25) is 0 Å². The third-order valence-electron chi connectivity index (χ3n) is 11.5. The van der Waals surface area contributed by atoms with Crippen LogP contribution >= 0.6 is 0 Å². The van der Waals surface area contributed by atoms with E-state index in [1.165, 1.54) is 0 Å². The van der Waals surface area contributed by atoms with E-state index in [0.29, 0.717) is 17.0 Å². The maximum absolute atomic E-state index is 12.4. The van der Waals surface area contributed by atoms with Crippen molar-refractivity contribution in [1.29, 1.82) is 0 Å². The molecule has 0 radical (unpaired) electrons. The van der Waals surface area contributed by atoms with Gasteiger partial charge >= 0.3 is 0 Å². The first-order valence-electron chi connectivity index (χ1n) is 22.3. The average Bonchev–Trinajstić information content (AvgIpc) is 3.68. The molecule has 2 heterocycles. The van der Waals surface area contributed by atoms with Gasteiger partial charge in [0.05, 0.1) is 22.3 Å². The van der Waals surface area contributed by atoms with Gasteiger partial charge < -0.3 is 5.11 Å². The molecule has 0 saturated heterocycles. The third-order valence-corrected chi connectivity index (χ3v) is 11.5. The number of pyridine rings is 1. The molecule has 62 heavy (non-hydrogen) atoms. The minimum absolute atomic E-state index is 0. The van der Waals surface area contributed by atoms with Crippen molar-refractivity contribution in [3.8, 4) is 78.6 Å². The summed E-state index contributed by atoms with van der Waals surface area (Å²) in [5.74, 6) is 0.855. The summed E-state index contributed by atoms with van der Waals surface area (Å²) >= 11 is 0. The second-order valence-electron chi connectivity index (χ2n) is 17.8. The van der Waals surface area contributed by atoms with Crippen LogP contribution in [0.15, 0.2) is 170 Å². The number of para-hydroxylation sites is 2. The molecule has 5 heteroatoms. The summed E-state index contributed by atoms with van der Waals surface area (Å²) in [5, 5.41) is 12.4. The van der Waals surface area contributed by atoms with Gasteiger partial charge in [-0.25, -0.2) is 4.98 Å². The first-order valence-corrected chi connectivity index (χ1v) is 20.8. The van der Waals surface area contributed by atoms with Crippen LogP contribution in [0, 0.1) is 12.9 Å². The van der Waals surface area contributed by atoms with E-state index in [4.69, 9.17) is 14.1 Å². The van der Waals surface area contributed by atoms with Crippen LogP contribution in [0.5, 0.6) is 5.75 Å². The number of hydrogen-bond donors (Lipinski definition) is 1. The third kappa shape index (κ3) is 8.20. The molecule has 7 aromatic carbocycles. The molecular formula is C57H50N3OPt-. The fourth-order valence-electron chi connectivity index (χ4n) is 8.15. The number of nitrogens with zero attached hydrogens (tertiary/aromatic N) is 3. The Morgan fingerprint density at radius 3 is 1.90 bits per heavy atom. The molecule has 9 aromatic rings. The van der Waals surface area contributed by atoms with Crippen LogP contribution in [0.25, 0.3) is 83.9 Å². The molecule has 0 saturated carbocycles. The number of imidazole rings is 1. The van der Waals surface area contributed by atoms with Gasteiger partial charge in [0.1, 0.15) is 11.6 Å². The second kappa shape index (κ2) is 16.8. The monoisotopic (exact) mass is 990 g/mol. The summed E-state index contributed by atoms with van der Waals surface area (Å²) in [5.41, 5.74) is 14.2. The van der Waals surface area contributed by atoms with E-state index in [2.05, 4.69) is 155 Å². The Hall–Kier alpha value is -6.35. The van der Waals surface area contributed by atoms with Gasteiger partial charge in [-0.05, 0) is 69.8 Å². The van der Waals surface area contributed by atoms with Crippen molar-refractivity contribution >= 4 is 11.0 Å². The molecule has 310 valence electrons. The zero-order valence-corrected chi connectivity index (χ0v) is 38.0. The zero-order valence-electron chi connectivity index (χ0n) is 38.8. The van der Waals surface area contributed by atoms with Crippen LogP contribution in [-0.4, -0.2) is 19.6 Å². The second-order valence-corrected chi connectivity index (χ2v) is 17.8. The summed E-state index contributed by atoms with van der Waals surface area (Å²) < 4.78 is 25.7. The average molecular weight is 991 g/mol. The topological polar surface area (TPSA) is 50.9 Å². The maximum Gasteiger partial charge on any atom is 0.148 e. The number of phenols is 1. The molecule has 1 N–H and O–H groups in total. The molecule has 0 aliphatic heterocycles. The smallest absolute Gasteiger partial charge is 0.148 e. The molecule has 0 bridgehead atoms. The molecular weight excluding hydrogens is 938 g/mol. The van der Waals surface area contributed by atoms with Gasteiger partial charge in [0, 0.05) is 48.2 Å². The van der Waals surface area contributed by atoms with Crippen LogP contribution in [0.3, 0.4) is 0 Å². The van der Waals surface area contributed by atoms with Gasteiger partial charge in [0.2, 0.25) is 0 Å². The van der Waals surface area contributed by atoms with Crippen LogP contribution in [0.4, 0.5) is 0 Å². The standard InChI is InChI=1S/C57H50N3O.Pt/c1-37-25-27-39(28-26-37)41-29-30-58-50(34-41)44-32-42(38-17-10-8-11-18-38)31-43(33-44)47-22-16-24-52-53(47)59-55(48-35-45(56(2,3)4)36-49(54(48)61)57(5,6)7)60(52)51-23-15-14-21-46(51)40-19-12-9-13-20-40;/h8-32,34-36,61H,1-7H3;/q-1;/i1D3;. The molecule has 4 nitrogen and oxygen atoms in total. The van der Waals surface area contributed by atoms with E-state index in [0.717, 1.165) is 83.6 Å². The number of aromatic hydroxyl groups is 1. The number of fused-ring (bicyclic) bond motifs is 1. The normalized spacial score (nSPS) is 12.6. The van der Waals surface area contributed by atoms with E-state index in [-0.39, 0.29) is 37.6 Å². The fraction of sp³-hybridized carbons (Fsp3) is 0.158. The molecule has 2 aromatic heterocycles. The van der Waals surface area contributed by atoms with Crippen molar-refractivity contribution in [2.45, 2.75) is 59.2 Å². The number of hydrogen-bond acceptors (Lipinski definition) is 3. The molecule has 0 unspecified atom stereocenters. The number of rotatable bonds is 7. The molecule has 9 rings (SSSR count). The van der Waals surface area contributed by atoms with Crippen LogP contribution in [-0.2, 0) is 31.9 Å². The Bertz CT molecular complexity index is 3160. The van der Waals surface area contributed by atoms with Gasteiger partial charge in [0.25, 0.3) is 0 Å². The number of benzene rings is 7. The van der Waals surface area contributed by atoms with Crippen LogP contribution in [0.1, 0.15) is 62.3 Å². The predicted octanol–water partition coefficient (Wildman–Crippen LogP) is 14.8. The number of aryl methyl sites for hydroxylation is 1. The Kier molecular flexibility index (Phi) is 10.5. The van der Waals surface area contributed by atoms with Gasteiger partial charge in [-0.15, -0.1) is 23.8 Å². The van der Waals surface area contributed by atoms with Crippen molar-refractivity contribution in [2.24, 2.45) is 0 Å². The van der Waals surface area contributed by atoms with Gasteiger partial charge in [0.15, 0.2) is 0 Å².